The molecule has 3 N–H and O–H groups in total. The molecule has 5 atom stereocenters. The van der Waals surface area contributed by atoms with E-state index >= 15 is 0 Å². The second-order valence-electron chi connectivity index (χ2n) is 6.92. The molecule has 0 heterocycles. The molecule has 0 radical (unpaired) electrons. The van der Waals surface area contributed by atoms with Crippen LogP contribution in [-0.2, 0) is 4.79 Å². The quantitative estimate of drug-likeness (QED) is 0.784. The van der Waals surface area contributed by atoms with Gasteiger partial charge < -0.3 is 11.1 Å². The van der Waals surface area contributed by atoms with Crippen LogP contribution in [0.1, 0.15) is 51.9 Å². The fourth-order valence-electron chi connectivity index (χ4n) is 4.16. The molecule has 0 saturated heterocycles. The number of amides is 1. The lowest BCUT2D eigenvalue weighted by Crippen LogP contribution is -2.47. The van der Waals surface area contributed by atoms with Gasteiger partial charge in [0.15, 0.2) is 0 Å². The van der Waals surface area contributed by atoms with Crippen LogP contribution >= 0.6 is 0 Å². The highest BCUT2D eigenvalue weighted by atomic mass is 16.2. The van der Waals surface area contributed by atoms with Crippen LogP contribution in [0.3, 0.4) is 0 Å². The van der Waals surface area contributed by atoms with Crippen molar-refractivity contribution in [2.24, 2.45) is 29.4 Å². The smallest absolute Gasteiger partial charge is 0.237 e. The monoisotopic (exact) mass is 250 g/mol. The van der Waals surface area contributed by atoms with Gasteiger partial charge in [-0.05, 0) is 56.3 Å². The van der Waals surface area contributed by atoms with E-state index in [9.17, 15) is 4.79 Å². The van der Waals surface area contributed by atoms with Crippen molar-refractivity contribution in [1.82, 2.24) is 5.32 Å². The molecule has 0 spiro atoms. The van der Waals surface area contributed by atoms with Crippen LogP contribution < -0.4 is 11.1 Å². The molecule has 3 rings (SSSR count). The predicted molar refractivity (Wildman–Crippen MR) is 71.9 cm³/mol. The first-order valence-electron chi connectivity index (χ1n) is 7.69. The fourth-order valence-corrected chi connectivity index (χ4v) is 4.16. The third kappa shape index (κ3) is 2.56. The Morgan fingerprint density at radius 2 is 2.06 bits per heavy atom. The summed E-state index contributed by atoms with van der Waals surface area (Å²) in [4.78, 5) is 12.0. The zero-order valence-electron chi connectivity index (χ0n) is 11.4. The molecule has 3 heteroatoms. The Hall–Kier alpha value is -0.570. The molecular formula is C15H26N2O. The number of hydrogen-bond acceptors (Lipinski definition) is 2. The number of carbonyl (C=O) groups excluding carboxylic acids is 1. The minimum absolute atomic E-state index is 0.0807. The van der Waals surface area contributed by atoms with E-state index in [-0.39, 0.29) is 11.9 Å². The maximum absolute atomic E-state index is 12.0. The van der Waals surface area contributed by atoms with E-state index in [1.165, 1.54) is 38.5 Å². The molecule has 0 aromatic rings. The van der Waals surface area contributed by atoms with Crippen molar-refractivity contribution in [3.8, 4) is 0 Å². The molecule has 0 aliphatic heterocycles. The van der Waals surface area contributed by atoms with E-state index in [1.807, 2.05) is 0 Å². The topological polar surface area (TPSA) is 55.1 Å². The Kier molecular flexibility index (Phi) is 3.35. The average molecular weight is 250 g/mol. The number of nitrogens with one attached hydrogen (secondary N) is 1. The summed E-state index contributed by atoms with van der Waals surface area (Å²) >= 11 is 0. The molecule has 3 saturated carbocycles. The lowest BCUT2D eigenvalue weighted by atomic mass is 9.84. The number of rotatable bonds is 5. The SMILES string of the molecule is CC(NC(=O)[C@@H](N)CC1CC1)C1CC2CCC1C2. The summed E-state index contributed by atoms with van der Waals surface area (Å²) in [6.07, 6.45) is 8.94. The van der Waals surface area contributed by atoms with Gasteiger partial charge in [-0.2, -0.15) is 0 Å². The second-order valence-corrected chi connectivity index (χ2v) is 6.92. The summed E-state index contributed by atoms with van der Waals surface area (Å²) in [7, 11) is 0. The fraction of sp³-hybridized carbons (Fsp3) is 0.933. The molecule has 3 nitrogen and oxygen atoms in total. The van der Waals surface area contributed by atoms with Gasteiger partial charge >= 0.3 is 0 Å². The van der Waals surface area contributed by atoms with Gasteiger partial charge in [-0.3, -0.25) is 4.79 Å². The zero-order chi connectivity index (χ0) is 12.7. The van der Waals surface area contributed by atoms with Crippen LogP contribution in [0.2, 0.25) is 0 Å². The van der Waals surface area contributed by atoms with E-state index in [0.717, 1.165) is 24.2 Å². The van der Waals surface area contributed by atoms with E-state index in [1.54, 1.807) is 0 Å². The van der Waals surface area contributed by atoms with Gasteiger partial charge in [0.1, 0.15) is 0 Å². The zero-order valence-corrected chi connectivity index (χ0v) is 11.4. The van der Waals surface area contributed by atoms with Crippen molar-refractivity contribution in [1.29, 1.82) is 0 Å². The highest BCUT2D eigenvalue weighted by molar-refractivity contribution is 5.81. The Morgan fingerprint density at radius 3 is 2.61 bits per heavy atom. The van der Waals surface area contributed by atoms with E-state index in [0.29, 0.717) is 12.0 Å². The van der Waals surface area contributed by atoms with Crippen molar-refractivity contribution in [3.63, 3.8) is 0 Å². The lowest BCUT2D eigenvalue weighted by Gasteiger charge is -2.29. The van der Waals surface area contributed by atoms with Crippen LogP contribution in [0.15, 0.2) is 0 Å². The molecule has 1 amide bonds. The highest BCUT2D eigenvalue weighted by Crippen LogP contribution is 2.49. The summed E-state index contributed by atoms with van der Waals surface area (Å²) in [5.41, 5.74) is 5.97. The average Bonchev–Trinajstić information content (AvgIpc) is 2.91. The van der Waals surface area contributed by atoms with Gasteiger partial charge in [0, 0.05) is 6.04 Å². The number of nitrogens with two attached hydrogens (primary N) is 1. The standard InChI is InChI=1S/C15H26N2O/c1-9(13-7-11-4-5-12(13)6-11)17-15(18)14(16)8-10-2-3-10/h9-14H,2-8,16H2,1H3,(H,17,18)/t9?,11?,12?,13?,14-/m0/s1. The first-order valence-corrected chi connectivity index (χ1v) is 7.69. The van der Waals surface area contributed by atoms with Crippen LogP contribution in [0, 0.1) is 23.7 Å². The van der Waals surface area contributed by atoms with Crippen molar-refractivity contribution in [3.05, 3.63) is 0 Å². The number of fused-ring (bicyclic) bond motifs is 2. The molecule has 0 aromatic carbocycles. The minimum atomic E-state index is -0.279. The van der Waals surface area contributed by atoms with Crippen molar-refractivity contribution in [2.45, 2.75) is 64.0 Å². The molecule has 102 valence electrons. The van der Waals surface area contributed by atoms with Crippen LogP contribution in [0.4, 0.5) is 0 Å². The van der Waals surface area contributed by atoms with E-state index < -0.39 is 0 Å². The Labute approximate surface area is 110 Å². The Bertz CT molecular complexity index is 326. The third-order valence-electron chi connectivity index (χ3n) is 5.43. The van der Waals surface area contributed by atoms with Crippen LogP contribution in [0.25, 0.3) is 0 Å². The van der Waals surface area contributed by atoms with Crippen molar-refractivity contribution in [2.75, 3.05) is 0 Å². The van der Waals surface area contributed by atoms with Crippen molar-refractivity contribution < 1.29 is 4.79 Å². The Morgan fingerprint density at radius 1 is 1.28 bits per heavy atom. The largest absolute Gasteiger partial charge is 0.352 e. The second kappa shape index (κ2) is 4.84. The maximum Gasteiger partial charge on any atom is 0.237 e. The highest BCUT2D eigenvalue weighted by Gasteiger charge is 2.42. The third-order valence-corrected chi connectivity index (χ3v) is 5.43. The minimum Gasteiger partial charge on any atom is -0.352 e. The molecule has 18 heavy (non-hydrogen) atoms. The number of carbonyl (C=O) groups is 1. The molecule has 4 unspecified atom stereocenters. The van der Waals surface area contributed by atoms with Gasteiger partial charge in [-0.1, -0.05) is 19.3 Å². The summed E-state index contributed by atoms with van der Waals surface area (Å²) in [5.74, 6) is 3.32. The summed E-state index contributed by atoms with van der Waals surface area (Å²) in [6.45, 7) is 2.17. The van der Waals surface area contributed by atoms with Crippen molar-refractivity contribution >= 4 is 5.91 Å². The molecule has 3 fully saturated rings. The molecule has 2 bridgehead atoms. The van der Waals surface area contributed by atoms with Gasteiger partial charge in [0.25, 0.3) is 0 Å². The molecule has 0 aromatic heterocycles. The molecule has 3 aliphatic rings. The van der Waals surface area contributed by atoms with E-state index in [4.69, 9.17) is 5.73 Å². The predicted octanol–water partition coefficient (Wildman–Crippen LogP) is 2.05. The first-order chi connectivity index (χ1) is 8.63. The van der Waals surface area contributed by atoms with Gasteiger partial charge in [-0.25, -0.2) is 0 Å². The van der Waals surface area contributed by atoms with E-state index in [2.05, 4.69) is 12.2 Å². The summed E-state index contributed by atoms with van der Waals surface area (Å²) in [5, 5.41) is 3.18. The summed E-state index contributed by atoms with van der Waals surface area (Å²) < 4.78 is 0. The lowest BCUT2D eigenvalue weighted by molar-refractivity contribution is -0.123. The first kappa shape index (κ1) is 12.5. The van der Waals surface area contributed by atoms with Crippen LogP contribution in [-0.4, -0.2) is 18.0 Å². The van der Waals surface area contributed by atoms with Crippen LogP contribution in [0.5, 0.6) is 0 Å². The summed E-state index contributed by atoms with van der Waals surface area (Å²) in [6, 6.07) is 0.0385. The molecular weight excluding hydrogens is 224 g/mol. The Balaban J connectivity index is 1.47. The number of hydrogen-bond donors (Lipinski definition) is 2. The normalized spacial score (nSPS) is 37.6. The van der Waals surface area contributed by atoms with Gasteiger partial charge in [0.2, 0.25) is 5.91 Å². The molecule has 3 aliphatic carbocycles. The van der Waals surface area contributed by atoms with Gasteiger partial charge in [-0.15, -0.1) is 0 Å². The maximum atomic E-state index is 12.0. The van der Waals surface area contributed by atoms with Gasteiger partial charge in [0.05, 0.1) is 6.04 Å².